The highest BCUT2D eigenvalue weighted by atomic mass is 35.5. The van der Waals surface area contributed by atoms with Crippen LogP contribution in [0.2, 0.25) is 10.0 Å². The summed E-state index contributed by atoms with van der Waals surface area (Å²) in [4.78, 5) is 27.5. The average Bonchev–Trinajstić information content (AvgIpc) is 3.46. The number of primary amides is 1. The Balaban J connectivity index is 1.81. The maximum atomic E-state index is 11.9. The van der Waals surface area contributed by atoms with Gasteiger partial charge < -0.3 is 25.9 Å². The number of aromatic carboxylic acids is 1. The third kappa shape index (κ3) is 3.44. The largest absolute Gasteiger partial charge is 0.478 e. The van der Waals surface area contributed by atoms with Crippen molar-refractivity contribution in [3.8, 4) is 11.3 Å². The smallest absolute Gasteiger partial charge is 0.335 e. The van der Waals surface area contributed by atoms with E-state index in [4.69, 9.17) is 33.4 Å². The van der Waals surface area contributed by atoms with Crippen LogP contribution in [0.5, 0.6) is 0 Å². The molecule has 170 valence electrons. The molecule has 2 heterocycles. The summed E-state index contributed by atoms with van der Waals surface area (Å²) in [6.45, 7) is 0. The van der Waals surface area contributed by atoms with E-state index in [9.17, 15) is 14.7 Å². The number of amides is 1. The zero-order valence-corrected chi connectivity index (χ0v) is 18.8. The topological polar surface area (TPSA) is 130 Å². The normalized spacial score (nSPS) is 16.4. The van der Waals surface area contributed by atoms with Crippen LogP contribution in [0.3, 0.4) is 0 Å². The van der Waals surface area contributed by atoms with E-state index in [1.807, 2.05) is 0 Å². The average molecular weight is 495 g/mol. The van der Waals surface area contributed by atoms with Crippen LogP contribution in [0.1, 0.15) is 31.8 Å². The summed E-state index contributed by atoms with van der Waals surface area (Å²) in [6.07, 6.45) is 2.78. The lowest BCUT2D eigenvalue weighted by molar-refractivity contribution is 0.0696. The SMILES string of the molecule is NC(=O)c1ccc(C2(c3c(Cl)cccc3Cl)Nc3ccc(C(=O)O)cc3N2)c(-c2cnco2)c1. The van der Waals surface area contributed by atoms with E-state index >= 15 is 0 Å². The first-order chi connectivity index (χ1) is 16.3. The van der Waals surface area contributed by atoms with E-state index in [0.717, 1.165) is 0 Å². The number of benzene rings is 3. The van der Waals surface area contributed by atoms with E-state index in [1.54, 1.807) is 42.5 Å². The fourth-order valence-corrected chi connectivity index (χ4v) is 4.83. The Bertz CT molecular complexity index is 1440. The highest BCUT2D eigenvalue weighted by Gasteiger charge is 2.45. The fourth-order valence-electron chi connectivity index (χ4n) is 4.15. The van der Waals surface area contributed by atoms with Gasteiger partial charge in [-0.3, -0.25) is 4.79 Å². The Morgan fingerprint density at radius 1 is 0.971 bits per heavy atom. The molecule has 5 N–H and O–H groups in total. The number of hydrogen-bond donors (Lipinski definition) is 4. The van der Waals surface area contributed by atoms with Crippen molar-refractivity contribution in [2.24, 2.45) is 5.73 Å². The van der Waals surface area contributed by atoms with Crippen molar-refractivity contribution in [3.63, 3.8) is 0 Å². The maximum Gasteiger partial charge on any atom is 0.335 e. The lowest BCUT2D eigenvalue weighted by atomic mass is 9.86. The second-order valence-corrected chi connectivity index (χ2v) is 8.47. The van der Waals surface area contributed by atoms with Crippen molar-refractivity contribution in [1.29, 1.82) is 0 Å². The molecule has 0 spiro atoms. The number of nitrogens with zero attached hydrogens (tertiary/aromatic N) is 1. The molecular formula is C24H16Cl2N4O4. The minimum Gasteiger partial charge on any atom is -0.478 e. The molecule has 0 saturated heterocycles. The van der Waals surface area contributed by atoms with Crippen molar-refractivity contribution in [2.45, 2.75) is 5.66 Å². The molecule has 5 rings (SSSR count). The number of halogens is 2. The van der Waals surface area contributed by atoms with Gasteiger partial charge in [0.15, 0.2) is 17.8 Å². The third-order valence-corrected chi connectivity index (χ3v) is 6.28. The number of hydrogen-bond acceptors (Lipinski definition) is 6. The number of carbonyl (C=O) groups excluding carboxylic acids is 1. The van der Waals surface area contributed by atoms with Gasteiger partial charge in [0, 0.05) is 32.3 Å². The Kier molecular flexibility index (Phi) is 5.19. The number of nitrogens with two attached hydrogens (primary N) is 1. The van der Waals surface area contributed by atoms with E-state index in [2.05, 4.69) is 15.6 Å². The molecule has 0 bridgehead atoms. The number of carboxylic acid groups (broad SMARTS) is 1. The zero-order chi connectivity index (χ0) is 24.0. The number of carbonyl (C=O) groups is 2. The number of aromatic nitrogens is 1. The van der Waals surface area contributed by atoms with Crippen LogP contribution < -0.4 is 16.4 Å². The standard InChI is InChI=1S/C24H16Cl2N4O4/c25-16-2-1-3-17(26)21(16)24(29-18-7-5-13(23(32)33)9-19(18)30-24)15-6-4-12(22(27)31)8-14(15)20-10-28-11-34-20/h1-11,29-30H,(H2,27,31)(H,32,33). The Labute approximate surface area is 203 Å². The van der Waals surface area contributed by atoms with E-state index in [-0.39, 0.29) is 11.1 Å². The number of fused-ring (bicyclic) bond motifs is 1. The first kappa shape index (κ1) is 21.8. The van der Waals surface area contributed by atoms with Gasteiger partial charge in [-0.25, -0.2) is 9.78 Å². The van der Waals surface area contributed by atoms with Gasteiger partial charge in [0.1, 0.15) is 0 Å². The number of anilines is 2. The Morgan fingerprint density at radius 2 is 1.68 bits per heavy atom. The van der Waals surface area contributed by atoms with Crippen LogP contribution in [0.15, 0.2) is 71.6 Å². The van der Waals surface area contributed by atoms with Gasteiger partial charge in [-0.1, -0.05) is 35.3 Å². The molecule has 1 unspecified atom stereocenters. The molecule has 1 atom stereocenters. The molecule has 1 amide bonds. The van der Waals surface area contributed by atoms with E-state index < -0.39 is 17.5 Å². The monoisotopic (exact) mass is 494 g/mol. The predicted molar refractivity (Wildman–Crippen MR) is 128 cm³/mol. The van der Waals surface area contributed by atoms with Crippen LogP contribution in [0.4, 0.5) is 11.4 Å². The molecule has 0 radical (unpaired) electrons. The molecule has 0 fully saturated rings. The van der Waals surface area contributed by atoms with Gasteiger partial charge in [-0.2, -0.15) is 0 Å². The molecule has 1 aromatic heterocycles. The van der Waals surface area contributed by atoms with Gasteiger partial charge in [0.25, 0.3) is 0 Å². The fraction of sp³-hybridized carbons (Fsp3) is 0.0417. The summed E-state index contributed by atoms with van der Waals surface area (Å²) in [5.74, 6) is -1.30. The van der Waals surface area contributed by atoms with Gasteiger partial charge in [0.2, 0.25) is 5.91 Å². The molecule has 4 aromatic rings. The lowest BCUT2D eigenvalue weighted by Crippen LogP contribution is -2.41. The van der Waals surface area contributed by atoms with Crippen LogP contribution in [0, 0.1) is 0 Å². The Morgan fingerprint density at radius 3 is 2.32 bits per heavy atom. The molecule has 0 aliphatic carbocycles. The first-order valence-corrected chi connectivity index (χ1v) is 10.8. The van der Waals surface area contributed by atoms with Crippen LogP contribution in [0.25, 0.3) is 11.3 Å². The molecule has 3 aromatic carbocycles. The summed E-state index contributed by atoms with van der Waals surface area (Å²) >= 11 is 13.3. The predicted octanol–water partition coefficient (Wildman–Crippen LogP) is 5.18. The van der Waals surface area contributed by atoms with Crippen LogP contribution in [-0.4, -0.2) is 22.0 Å². The van der Waals surface area contributed by atoms with Gasteiger partial charge >= 0.3 is 5.97 Å². The molecular weight excluding hydrogens is 479 g/mol. The van der Waals surface area contributed by atoms with Gasteiger partial charge in [-0.15, -0.1) is 0 Å². The lowest BCUT2D eigenvalue weighted by Gasteiger charge is -2.35. The Hall–Kier alpha value is -4.01. The summed E-state index contributed by atoms with van der Waals surface area (Å²) in [6, 6.07) is 14.7. The number of oxazole rings is 1. The molecule has 1 aliphatic heterocycles. The van der Waals surface area contributed by atoms with Crippen molar-refractivity contribution in [3.05, 3.63) is 99.5 Å². The second-order valence-electron chi connectivity index (χ2n) is 7.65. The van der Waals surface area contributed by atoms with Crippen molar-refractivity contribution >= 4 is 46.5 Å². The van der Waals surface area contributed by atoms with Crippen LogP contribution >= 0.6 is 23.2 Å². The van der Waals surface area contributed by atoms with Gasteiger partial charge in [-0.05, 0) is 42.5 Å². The highest BCUT2D eigenvalue weighted by Crippen LogP contribution is 2.50. The highest BCUT2D eigenvalue weighted by molar-refractivity contribution is 6.36. The summed E-state index contributed by atoms with van der Waals surface area (Å²) < 4.78 is 5.56. The third-order valence-electron chi connectivity index (χ3n) is 5.65. The number of rotatable bonds is 5. The minimum absolute atomic E-state index is 0.105. The number of nitrogens with one attached hydrogen (secondary N) is 2. The summed E-state index contributed by atoms with van der Waals surface area (Å²) in [5.41, 5.74) is 7.40. The summed E-state index contributed by atoms with van der Waals surface area (Å²) in [7, 11) is 0. The van der Waals surface area contributed by atoms with E-state index in [1.165, 1.54) is 24.7 Å². The summed E-state index contributed by atoms with van der Waals surface area (Å²) in [5, 5.41) is 17.0. The van der Waals surface area contributed by atoms with Crippen molar-refractivity contribution < 1.29 is 19.1 Å². The first-order valence-electron chi connectivity index (χ1n) is 10.0. The van der Waals surface area contributed by atoms with Crippen LogP contribution in [-0.2, 0) is 5.66 Å². The molecule has 10 heteroatoms. The molecule has 0 saturated carbocycles. The minimum atomic E-state index is -1.26. The molecule has 8 nitrogen and oxygen atoms in total. The second kappa shape index (κ2) is 8.09. The molecule has 34 heavy (non-hydrogen) atoms. The molecule has 1 aliphatic rings. The maximum absolute atomic E-state index is 11.9. The van der Waals surface area contributed by atoms with Gasteiger partial charge in [0.05, 0.1) is 23.1 Å². The zero-order valence-electron chi connectivity index (χ0n) is 17.3. The van der Waals surface area contributed by atoms with Crippen molar-refractivity contribution in [2.75, 3.05) is 10.6 Å². The number of carboxylic acids is 1. The quantitative estimate of drug-likeness (QED) is 0.300. The van der Waals surface area contributed by atoms with E-state index in [0.29, 0.717) is 43.9 Å². The van der Waals surface area contributed by atoms with Crippen molar-refractivity contribution in [1.82, 2.24) is 4.98 Å².